The Labute approximate surface area is 133 Å². The summed E-state index contributed by atoms with van der Waals surface area (Å²) in [6, 6.07) is 4.60. The Hall–Kier alpha value is -1.61. The minimum absolute atomic E-state index is 0.161. The Balaban J connectivity index is 2.43. The Morgan fingerprint density at radius 1 is 1.30 bits per heavy atom. The van der Waals surface area contributed by atoms with E-state index < -0.39 is 27.7 Å². The maximum Gasteiger partial charge on any atom is 0.416 e. The van der Waals surface area contributed by atoms with Crippen molar-refractivity contribution in [2.45, 2.75) is 19.0 Å². The molecule has 0 atom stereocenters. The largest absolute Gasteiger partial charge is 0.416 e. The molecule has 0 heterocycles. The smallest absolute Gasteiger partial charge is 0.356 e. The van der Waals surface area contributed by atoms with E-state index in [4.69, 9.17) is 0 Å². The summed E-state index contributed by atoms with van der Waals surface area (Å²) in [6.45, 7) is 0.500. The van der Waals surface area contributed by atoms with Crippen LogP contribution in [0.2, 0.25) is 0 Å². The van der Waals surface area contributed by atoms with Crippen molar-refractivity contribution >= 4 is 15.9 Å². The van der Waals surface area contributed by atoms with E-state index >= 15 is 0 Å². The van der Waals surface area contributed by atoms with Crippen LogP contribution in [0.1, 0.15) is 17.5 Å². The van der Waals surface area contributed by atoms with Gasteiger partial charge in [-0.15, -0.1) is 0 Å². The lowest BCUT2D eigenvalue weighted by Crippen LogP contribution is -2.31. The molecule has 1 aromatic rings. The van der Waals surface area contributed by atoms with Gasteiger partial charge in [-0.25, -0.2) is 12.7 Å². The van der Waals surface area contributed by atoms with Gasteiger partial charge in [0.15, 0.2) is 0 Å². The molecule has 0 unspecified atom stereocenters. The topological polar surface area (TPSA) is 66.5 Å². The molecule has 0 spiro atoms. The Bertz CT molecular complexity index is 645. The second kappa shape index (κ2) is 7.78. The summed E-state index contributed by atoms with van der Waals surface area (Å²) in [7, 11) is -1.83. The van der Waals surface area contributed by atoms with E-state index in [1.165, 1.54) is 19.2 Å². The van der Waals surface area contributed by atoms with Gasteiger partial charge in [0, 0.05) is 20.1 Å². The van der Waals surface area contributed by atoms with Crippen molar-refractivity contribution < 1.29 is 26.4 Å². The Kier molecular flexibility index (Phi) is 6.57. The molecule has 0 aromatic heterocycles. The second-order valence-corrected chi connectivity index (χ2v) is 7.25. The van der Waals surface area contributed by atoms with Crippen molar-refractivity contribution in [3.63, 3.8) is 0 Å². The van der Waals surface area contributed by atoms with Gasteiger partial charge in [0.05, 0.1) is 18.2 Å². The van der Waals surface area contributed by atoms with Crippen LogP contribution in [0.4, 0.5) is 13.2 Å². The fourth-order valence-electron chi connectivity index (χ4n) is 1.80. The summed E-state index contributed by atoms with van der Waals surface area (Å²) < 4.78 is 61.2. The number of benzene rings is 1. The van der Waals surface area contributed by atoms with Gasteiger partial charge in [-0.3, -0.25) is 4.79 Å². The number of halogens is 3. The van der Waals surface area contributed by atoms with Gasteiger partial charge in [-0.05, 0) is 18.1 Å². The standard InChI is InChI=1S/C14H19F3N2O3S/c1-19(23(2,21)22)8-4-7-18-13(20)10-11-5-3-6-12(9-11)14(15,16)17/h3,5-6,9H,4,7-8,10H2,1-2H3,(H,18,20). The highest BCUT2D eigenvalue weighted by Gasteiger charge is 2.30. The van der Waals surface area contributed by atoms with Crippen molar-refractivity contribution in [3.8, 4) is 0 Å². The van der Waals surface area contributed by atoms with Crippen molar-refractivity contribution in [2.24, 2.45) is 0 Å². The van der Waals surface area contributed by atoms with Crippen molar-refractivity contribution in [3.05, 3.63) is 35.4 Å². The highest BCUT2D eigenvalue weighted by Crippen LogP contribution is 2.29. The van der Waals surface area contributed by atoms with Gasteiger partial charge in [0.2, 0.25) is 15.9 Å². The molecule has 0 saturated heterocycles. The molecule has 0 aliphatic heterocycles. The molecule has 0 bridgehead atoms. The highest BCUT2D eigenvalue weighted by atomic mass is 32.2. The summed E-state index contributed by atoms with van der Waals surface area (Å²) in [5.74, 6) is -0.411. The van der Waals surface area contributed by atoms with Crippen LogP contribution in [0, 0.1) is 0 Å². The van der Waals surface area contributed by atoms with Gasteiger partial charge in [0.1, 0.15) is 0 Å². The molecule has 1 aromatic carbocycles. The minimum atomic E-state index is -4.44. The lowest BCUT2D eigenvalue weighted by Gasteiger charge is -2.14. The molecule has 5 nitrogen and oxygen atoms in total. The van der Waals surface area contributed by atoms with Crippen LogP contribution >= 0.6 is 0 Å². The van der Waals surface area contributed by atoms with E-state index in [9.17, 15) is 26.4 Å². The third kappa shape index (κ3) is 7.00. The Morgan fingerprint density at radius 3 is 2.52 bits per heavy atom. The first-order valence-corrected chi connectivity index (χ1v) is 8.69. The molecule has 0 aliphatic carbocycles. The number of sulfonamides is 1. The second-order valence-electron chi connectivity index (χ2n) is 5.16. The normalized spacial score (nSPS) is 12.4. The van der Waals surface area contributed by atoms with E-state index in [2.05, 4.69) is 5.32 Å². The molecule has 0 fully saturated rings. The van der Waals surface area contributed by atoms with E-state index in [1.807, 2.05) is 0 Å². The average molecular weight is 352 g/mol. The molecule has 1 rings (SSSR count). The van der Waals surface area contributed by atoms with E-state index in [1.54, 1.807) is 0 Å². The van der Waals surface area contributed by atoms with E-state index in [0.717, 1.165) is 22.7 Å². The van der Waals surface area contributed by atoms with Crippen molar-refractivity contribution in [1.82, 2.24) is 9.62 Å². The predicted molar refractivity (Wildman–Crippen MR) is 80.2 cm³/mol. The molecule has 0 saturated carbocycles. The molecule has 0 aliphatic rings. The molecule has 1 amide bonds. The number of hydrogen-bond donors (Lipinski definition) is 1. The molecule has 9 heteroatoms. The first-order chi connectivity index (χ1) is 10.5. The summed E-state index contributed by atoms with van der Waals surface area (Å²) in [4.78, 5) is 11.7. The van der Waals surface area contributed by atoms with Crippen LogP contribution < -0.4 is 5.32 Å². The lowest BCUT2D eigenvalue weighted by molar-refractivity contribution is -0.137. The lowest BCUT2D eigenvalue weighted by atomic mass is 10.1. The molecular weight excluding hydrogens is 333 g/mol. The highest BCUT2D eigenvalue weighted by molar-refractivity contribution is 7.88. The minimum Gasteiger partial charge on any atom is -0.356 e. The van der Waals surface area contributed by atoms with Gasteiger partial charge >= 0.3 is 6.18 Å². The summed E-state index contributed by atoms with van der Waals surface area (Å²) >= 11 is 0. The first kappa shape index (κ1) is 19.4. The fraction of sp³-hybridized carbons (Fsp3) is 0.500. The van der Waals surface area contributed by atoms with Crippen LogP contribution in [0.25, 0.3) is 0 Å². The maximum atomic E-state index is 12.6. The maximum absolute atomic E-state index is 12.6. The summed E-state index contributed by atoms with van der Waals surface area (Å²) in [6.07, 6.45) is -3.11. The zero-order chi connectivity index (χ0) is 17.7. The number of nitrogens with one attached hydrogen (secondary N) is 1. The molecule has 23 heavy (non-hydrogen) atoms. The zero-order valence-electron chi connectivity index (χ0n) is 12.9. The average Bonchev–Trinajstić information content (AvgIpc) is 2.41. The Morgan fingerprint density at radius 2 is 1.96 bits per heavy atom. The SMILES string of the molecule is CN(CCCNC(=O)Cc1cccc(C(F)(F)F)c1)S(C)(=O)=O. The van der Waals surface area contributed by atoms with Crippen molar-refractivity contribution in [2.75, 3.05) is 26.4 Å². The van der Waals surface area contributed by atoms with Crippen LogP contribution in [0.5, 0.6) is 0 Å². The number of hydrogen-bond acceptors (Lipinski definition) is 3. The number of carbonyl (C=O) groups is 1. The number of carbonyl (C=O) groups excluding carboxylic acids is 1. The first-order valence-electron chi connectivity index (χ1n) is 6.84. The summed E-state index contributed by atoms with van der Waals surface area (Å²) in [5.41, 5.74) is -0.525. The van der Waals surface area contributed by atoms with E-state index in [0.29, 0.717) is 6.42 Å². The third-order valence-corrected chi connectivity index (χ3v) is 4.47. The number of nitrogens with zero attached hydrogens (tertiary/aromatic N) is 1. The predicted octanol–water partition coefficient (Wildman–Crippen LogP) is 1.65. The zero-order valence-corrected chi connectivity index (χ0v) is 13.7. The van der Waals surface area contributed by atoms with Crippen LogP contribution in [-0.4, -0.2) is 45.0 Å². The molecule has 130 valence electrons. The molecule has 1 N–H and O–H groups in total. The quantitative estimate of drug-likeness (QED) is 0.759. The fourth-order valence-corrected chi connectivity index (χ4v) is 2.26. The van der Waals surface area contributed by atoms with Crippen molar-refractivity contribution in [1.29, 1.82) is 0 Å². The van der Waals surface area contributed by atoms with Gasteiger partial charge < -0.3 is 5.32 Å². The van der Waals surface area contributed by atoms with Crippen LogP contribution in [-0.2, 0) is 27.4 Å². The van der Waals surface area contributed by atoms with Crippen LogP contribution in [0.3, 0.4) is 0 Å². The van der Waals surface area contributed by atoms with E-state index in [-0.39, 0.29) is 25.1 Å². The molecule has 0 radical (unpaired) electrons. The van der Waals surface area contributed by atoms with Gasteiger partial charge in [-0.1, -0.05) is 18.2 Å². The number of alkyl halides is 3. The van der Waals surface area contributed by atoms with Gasteiger partial charge in [0.25, 0.3) is 0 Å². The van der Waals surface area contributed by atoms with Gasteiger partial charge in [-0.2, -0.15) is 13.2 Å². The monoisotopic (exact) mass is 352 g/mol. The number of amides is 1. The molecular formula is C14H19F3N2O3S. The summed E-state index contributed by atoms with van der Waals surface area (Å²) in [5, 5.41) is 2.55. The van der Waals surface area contributed by atoms with Crippen LogP contribution in [0.15, 0.2) is 24.3 Å². The third-order valence-electron chi connectivity index (χ3n) is 3.16. The number of rotatable bonds is 7.